The Hall–Kier alpha value is -0.0500. The Labute approximate surface area is 70.1 Å². The van der Waals surface area contributed by atoms with Crippen LogP contribution in [0.3, 0.4) is 0 Å². The first-order chi connectivity index (χ1) is 4.54. The maximum atomic E-state index is 10.8. The number of ether oxygens (including phenoxy) is 1. The van der Waals surface area contributed by atoms with Gasteiger partial charge in [0.2, 0.25) is 0 Å². The first-order valence-electron chi connectivity index (χ1n) is 3.34. The van der Waals surface area contributed by atoms with Gasteiger partial charge in [-0.25, -0.2) is 0 Å². The summed E-state index contributed by atoms with van der Waals surface area (Å²) in [5.74, 6) is 0.226. The molecule has 0 aliphatic heterocycles. The minimum absolute atomic E-state index is 0.186. The maximum Gasteiger partial charge on any atom is 0.319 e. The molecule has 0 aliphatic carbocycles. The van der Waals surface area contributed by atoms with Crippen molar-refractivity contribution >= 4 is 21.9 Å². The Balaban J connectivity index is 3.40. The molecule has 60 valence electrons. The molecule has 0 spiro atoms. The molecule has 1 atom stereocenters. The molecule has 0 fully saturated rings. The second-order valence-electron chi connectivity index (χ2n) is 2.64. The molecule has 0 aromatic heterocycles. The standard InChI is InChI=1S/C7H13BrO2/c1-5(2)4-10-7(9)6(3)8/h5-6H,4H2,1-3H3. The highest BCUT2D eigenvalue weighted by molar-refractivity contribution is 9.10. The van der Waals surface area contributed by atoms with Crippen molar-refractivity contribution in [2.45, 2.75) is 25.6 Å². The van der Waals surface area contributed by atoms with Crippen LogP contribution >= 0.6 is 15.9 Å². The van der Waals surface area contributed by atoms with E-state index in [-0.39, 0.29) is 10.8 Å². The van der Waals surface area contributed by atoms with E-state index in [1.54, 1.807) is 6.92 Å². The third-order valence-corrected chi connectivity index (χ3v) is 1.26. The molecule has 3 heteroatoms. The second kappa shape index (κ2) is 4.72. The number of hydrogen-bond acceptors (Lipinski definition) is 2. The normalized spacial score (nSPS) is 13.3. The van der Waals surface area contributed by atoms with E-state index in [0.717, 1.165) is 0 Å². The Kier molecular flexibility index (Phi) is 4.69. The minimum atomic E-state index is -0.189. The number of carbonyl (C=O) groups excluding carboxylic acids is 1. The van der Waals surface area contributed by atoms with Crippen molar-refractivity contribution in [1.82, 2.24) is 0 Å². The van der Waals surface area contributed by atoms with Crippen molar-refractivity contribution in [1.29, 1.82) is 0 Å². The lowest BCUT2D eigenvalue weighted by Crippen LogP contribution is -2.16. The molecular weight excluding hydrogens is 196 g/mol. The van der Waals surface area contributed by atoms with Gasteiger partial charge in [-0.05, 0) is 12.8 Å². The van der Waals surface area contributed by atoms with E-state index in [1.807, 2.05) is 13.8 Å². The zero-order chi connectivity index (χ0) is 8.15. The molecule has 0 aromatic rings. The van der Waals surface area contributed by atoms with Crippen molar-refractivity contribution in [3.8, 4) is 0 Å². The van der Waals surface area contributed by atoms with Gasteiger partial charge in [-0.3, -0.25) is 4.79 Å². The molecule has 0 saturated heterocycles. The zero-order valence-electron chi connectivity index (χ0n) is 6.56. The fourth-order valence-electron chi connectivity index (χ4n) is 0.364. The summed E-state index contributed by atoms with van der Waals surface area (Å²) in [5, 5.41) is 0. The first-order valence-corrected chi connectivity index (χ1v) is 4.26. The topological polar surface area (TPSA) is 26.3 Å². The van der Waals surface area contributed by atoms with Crippen molar-refractivity contribution in [3.05, 3.63) is 0 Å². The first kappa shape index (κ1) is 9.95. The predicted molar refractivity (Wildman–Crippen MR) is 44.2 cm³/mol. The molecule has 0 aromatic carbocycles. The van der Waals surface area contributed by atoms with E-state index >= 15 is 0 Å². The fourth-order valence-corrected chi connectivity index (χ4v) is 0.496. The average Bonchev–Trinajstić information content (AvgIpc) is 1.82. The SMILES string of the molecule is CC(C)COC(=O)C(C)Br. The van der Waals surface area contributed by atoms with Gasteiger partial charge in [-0.2, -0.15) is 0 Å². The van der Waals surface area contributed by atoms with Gasteiger partial charge in [0.25, 0.3) is 0 Å². The van der Waals surface area contributed by atoms with Crippen LogP contribution in [-0.4, -0.2) is 17.4 Å². The highest BCUT2D eigenvalue weighted by Gasteiger charge is 2.09. The van der Waals surface area contributed by atoms with Crippen molar-refractivity contribution in [2.75, 3.05) is 6.61 Å². The molecule has 0 saturated carbocycles. The van der Waals surface area contributed by atoms with Gasteiger partial charge in [0.1, 0.15) is 4.83 Å². The minimum Gasteiger partial charge on any atom is -0.465 e. The van der Waals surface area contributed by atoms with Crippen LogP contribution in [0.25, 0.3) is 0 Å². The van der Waals surface area contributed by atoms with Crippen LogP contribution in [-0.2, 0) is 9.53 Å². The molecule has 0 radical (unpaired) electrons. The van der Waals surface area contributed by atoms with Crippen LogP contribution < -0.4 is 0 Å². The molecule has 1 unspecified atom stereocenters. The number of carbonyl (C=O) groups is 1. The summed E-state index contributed by atoms with van der Waals surface area (Å²) in [4.78, 5) is 10.6. The molecule has 0 bridgehead atoms. The number of hydrogen-bond donors (Lipinski definition) is 0. The van der Waals surface area contributed by atoms with Crippen molar-refractivity contribution < 1.29 is 9.53 Å². The van der Waals surface area contributed by atoms with Gasteiger partial charge in [0.15, 0.2) is 0 Å². The lowest BCUT2D eigenvalue weighted by molar-refractivity contribution is -0.143. The Bertz CT molecular complexity index is 110. The third-order valence-electron chi connectivity index (χ3n) is 0.884. The second-order valence-corrected chi connectivity index (χ2v) is 4.01. The van der Waals surface area contributed by atoms with Gasteiger partial charge in [-0.1, -0.05) is 29.8 Å². The molecule has 0 N–H and O–H groups in total. The summed E-state index contributed by atoms with van der Waals surface area (Å²) in [5.41, 5.74) is 0. The van der Waals surface area contributed by atoms with Gasteiger partial charge < -0.3 is 4.74 Å². The summed E-state index contributed by atoms with van der Waals surface area (Å²) in [7, 11) is 0. The van der Waals surface area contributed by atoms with E-state index in [2.05, 4.69) is 15.9 Å². The van der Waals surface area contributed by atoms with E-state index in [9.17, 15) is 4.79 Å². The highest BCUT2D eigenvalue weighted by atomic mass is 79.9. The molecular formula is C7H13BrO2. The average molecular weight is 209 g/mol. The van der Waals surface area contributed by atoms with Crippen LogP contribution in [0.1, 0.15) is 20.8 Å². The Morgan fingerprint density at radius 2 is 2.00 bits per heavy atom. The van der Waals surface area contributed by atoms with Crippen molar-refractivity contribution in [3.63, 3.8) is 0 Å². The van der Waals surface area contributed by atoms with Crippen LogP contribution in [0, 0.1) is 5.92 Å². The van der Waals surface area contributed by atoms with E-state index in [0.29, 0.717) is 12.5 Å². The smallest absolute Gasteiger partial charge is 0.319 e. The summed E-state index contributed by atoms with van der Waals surface area (Å²) < 4.78 is 4.88. The quantitative estimate of drug-likeness (QED) is 0.524. The van der Waals surface area contributed by atoms with Crippen LogP contribution in [0.2, 0.25) is 0 Å². The van der Waals surface area contributed by atoms with Crippen molar-refractivity contribution in [2.24, 2.45) is 5.92 Å². The number of alkyl halides is 1. The van der Waals surface area contributed by atoms with E-state index in [1.165, 1.54) is 0 Å². The third kappa shape index (κ3) is 4.79. The van der Waals surface area contributed by atoms with E-state index in [4.69, 9.17) is 4.74 Å². The molecule has 10 heavy (non-hydrogen) atoms. The summed E-state index contributed by atoms with van der Waals surface area (Å²) in [6, 6.07) is 0. The largest absolute Gasteiger partial charge is 0.465 e. The highest BCUT2D eigenvalue weighted by Crippen LogP contribution is 2.01. The monoisotopic (exact) mass is 208 g/mol. The van der Waals surface area contributed by atoms with Gasteiger partial charge in [0.05, 0.1) is 6.61 Å². The van der Waals surface area contributed by atoms with Crippen LogP contribution in [0.5, 0.6) is 0 Å². The fraction of sp³-hybridized carbons (Fsp3) is 0.857. The lowest BCUT2D eigenvalue weighted by atomic mass is 10.2. The summed E-state index contributed by atoms with van der Waals surface area (Å²) in [6.07, 6.45) is 0. The zero-order valence-corrected chi connectivity index (χ0v) is 8.14. The maximum absolute atomic E-state index is 10.8. The Morgan fingerprint density at radius 1 is 1.50 bits per heavy atom. The predicted octanol–water partition coefficient (Wildman–Crippen LogP) is 1.97. The van der Waals surface area contributed by atoms with E-state index < -0.39 is 0 Å². The van der Waals surface area contributed by atoms with Gasteiger partial charge in [-0.15, -0.1) is 0 Å². The molecule has 0 rings (SSSR count). The number of halogens is 1. The molecule has 2 nitrogen and oxygen atoms in total. The number of rotatable bonds is 3. The molecule has 0 aliphatic rings. The summed E-state index contributed by atoms with van der Waals surface area (Å²) >= 11 is 3.12. The summed E-state index contributed by atoms with van der Waals surface area (Å²) in [6.45, 7) is 6.27. The Morgan fingerprint density at radius 3 is 2.30 bits per heavy atom. The molecule has 0 heterocycles. The van der Waals surface area contributed by atoms with Gasteiger partial charge in [0, 0.05) is 0 Å². The van der Waals surface area contributed by atoms with Crippen LogP contribution in [0.15, 0.2) is 0 Å². The number of esters is 1. The molecule has 0 amide bonds. The van der Waals surface area contributed by atoms with Crippen LogP contribution in [0.4, 0.5) is 0 Å². The lowest BCUT2D eigenvalue weighted by Gasteiger charge is -2.07. The van der Waals surface area contributed by atoms with Gasteiger partial charge >= 0.3 is 5.97 Å².